The lowest BCUT2D eigenvalue weighted by molar-refractivity contribution is -0.143. The number of carboxylic acids is 1. The molecule has 0 amide bonds. The molecular weight excluding hydrogens is 228 g/mol. The standard InChI is InChI=1S/C15H18O3/c1-3-15(2,14(17)18)12-8-6-11(7-9-12)13(16)10-4-5-10/h6-10H,3-5H2,1-2H3,(H,17,18). The fourth-order valence-corrected chi connectivity index (χ4v) is 2.06. The largest absolute Gasteiger partial charge is 0.481 e. The van der Waals surface area contributed by atoms with Crippen molar-refractivity contribution < 1.29 is 14.7 Å². The molecule has 0 saturated heterocycles. The average molecular weight is 246 g/mol. The van der Waals surface area contributed by atoms with Gasteiger partial charge in [-0.25, -0.2) is 0 Å². The molecule has 0 heterocycles. The predicted molar refractivity (Wildman–Crippen MR) is 68.8 cm³/mol. The Morgan fingerprint density at radius 1 is 1.28 bits per heavy atom. The molecule has 0 bridgehead atoms. The van der Waals surface area contributed by atoms with E-state index in [4.69, 9.17) is 0 Å². The first-order valence-corrected chi connectivity index (χ1v) is 6.37. The lowest BCUT2D eigenvalue weighted by Crippen LogP contribution is -2.31. The second kappa shape index (κ2) is 4.56. The van der Waals surface area contributed by atoms with E-state index >= 15 is 0 Å². The van der Waals surface area contributed by atoms with E-state index in [1.165, 1.54) is 0 Å². The van der Waals surface area contributed by atoms with Crippen LogP contribution in [0.25, 0.3) is 0 Å². The van der Waals surface area contributed by atoms with Gasteiger partial charge in [0, 0.05) is 11.5 Å². The molecule has 96 valence electrons. The number of carbonyl (C=O) groups excluding carboxylic acids is 1. The van der Waals surface area contributed by atoms with E-state index in [2.05, 4.69) is 0 Å². The first kappa shape index (κ1) is 12.8. The second-order valence-electron chi connectivity index (χ2n) is 5.21. The maximum absolute atomic E-state index is 11.9. The van der Waals surface area contributed by atoms with Crippen LogP contribution < -0.4 is 0 Å². The van der Waals surface area contributed by atoms with Gasteiger partial charge in [0.05, 0.1) is 5.41 Å². The number of carbonyl (C=O) groups is 2. The van der Waals surface area contributed by atoms with Gasteiger partial charge in [0.25, 0.3) is 0 Å². The first-order chi connectivity index (χ1) is 8.49. The number of carboxylic acid groups (broad SMARTS) is 1. The molecule has 18 heavy (non-hydrogen) atoms. The molecular formula is C15H18O3. The van der Waals surface area contributed by atoms with Crippen LogP contribution in [0.2, 0.25) is 0 Å². The van der Waals surface area contributed by atoms with Gasteiger partial charge in [-0.2, -0.15) is 0 Å². The Balaban J connectivity index is 2.26. The van der Waals surface area contributed by atoms with E-state index in [9.17, 15) is 14.7 Å². The van der Waals surface area contributed by atoms with Crippen LogP contribution in [0, 0.1) is 5.92 Å². The molecule has 0 aromatic heterocycles. The van der Waals surface area contributed by atoms with E-state index in [1.807, 2.05) is 6.92 Å². The Labute approximate surface area is 107 Å². The van der Waals surface area contributed by atoms with Gasteiger partial charge in [-0.05, 0) is 31.7 Å². The zero-order valence-electron chi connectivity index (χ0n) is 10.8. The molecule has 3 nitrogen and oxygen atoms in total. The minimum absolute atomic E-state index is 0.190. The molecule has 3 heteroatoms. The molecule has 1 unspecified atom stereocenters. The highest BCUT2D eigenvalue weighted by atomic mass is 16.4. The summed E-state index contributed by atoms with van der Waals surface area (Å²) >= 11 is 0. The Kier molecular flexibility index (Phi) is 3.24. The van der Waals surface area contributed by atoms with Crippen molar-refractivity contribution in [1.29, 1.82) is 0 Å². The van der Waals surface area contributed by atoms with Crippen LogP contribution in [-0.4, -0.2) is 16.9 Å². The van der Waals surface area contributed by atoms with Crippen molar-refractivity contribution in [3.63, 3.8) is 0 Å². The Bertz CT molecular complexity index is 471. The molecule has 0 aliphatic heterocycles. The van der Waals surface area contributed by atoms with Crippen molar-refractivity contribution >= 4 is 11.8 Å². The average Bonchev–Trinajstić information content (AvgIpc) is 3.21. The summed E-state index contributed by atoms with van der Waals surface area (Å²) < 4.78 is 0. The summed E-state index contributed by atoms with van der Waals surface area (Å²) in [5, 5.41) is 9.30. The summed E-state index contributed by atoms with van der Waals surface area (Å²) in [5.74, 6) is -0.436. The number of benzene rings is 1. The number of rotatable bonds is 5. The first-order valence-electron chi connectivity index (χ1n) is 6.37. The molecule has 1 aromatic carbocycles. The summed E-state index contributed by atoms with van der Waals surface area (Å²) in [6, 6.07) is 7.06. The summed E-state index contributed by atoms with van der Waals surface area (Å²) in [5.41, 5.74) is 0.580. The highest BCUT2D eigenvalue weighted by molar-refractivity contribution is 5.99. The zero-order chi connectivity index (χ0) is 13.3. The lowest BCUT2D eigenvalue weighted by atomic mass is 9.80. The molecule has 1 atom stereocenters. The third-order valence-electron chi connectivity index (χ3n) is 3.93. The van der Waals surface area contributed by atoms with Crippen molar-refractivity contribution in [2.45, 2.75) is 38.5 Å². The molecule has 1 fully saturated rings. The number of hydrogen-bond donors (Lipinski definition) is 1. The SMILES string of the molecule is CCC(C)(C(=O)O)c1ccc(C(=O)C2CC2)cc1. The van der Waals surface area contributed by atoms with E-state index in [0.717, 1.165) is 18.4 Å². The highest BCUT2D eigenvalue weighted by Gasteiger charge is 2.34. The van der Waals surface area contributed by atoms with Crippen LogP contribution in [0.1, 0.15) is 49.0 Å². The van der Waals surface area contributed by atoms with E-state index < -0.39 is 11.4 Å². The van der Waals surface area contributed by atoms with Crippen molar-refractivity contribution in [2.24, 2.45) is 5.92 Å². The fraction of sp³-hybridized carbons (Fsp3) is 0.467. The van der Waals surface area contributed by atoms with Crippen LogP contribution in [-0.2, 0) is 10.2 Å². The molecule has 1 aliphatic rings. The highest BCUT2D eigenvalue weighted by Crippen LogP contribution is 2.33. The smallest absolute Gasteiger partial charge is 0.313 e. The third kappa shape index (κ3) is 2.17. The quantitative estimate of drug-likeness (QED) is 0.812. The zero-order valence-corrected chi connectivity index (χ0v) is 10.8. The minimum atomic E-state index is -0.874. The Morgan fingerprint density at radius 2 is 1.83 bits per heavy atom. The molecule has 1 N–H and O–H groups in total. The number of Topliss-reactive ketones (excluding diaryl/α,β-unsaturated/α-hetero) is 1. The van der Waals surface area contributed by atoms with Gasteiger partial charge in [-0.1, -0.05) is 31.2 Å². The molecule has 0 radical (unpaired) electrons. The summed E-state index contributed by atoms with van der Waals surface area (Å²) in [6.07, 6.45) is 2.50. The van der Waals surface area contributed by atoms with Crippen LogP contribution in [0.5, 0.6) is 0 Å². The lowest BCUT2D eigenvalue weighted by Gasteiger charge is -2.23. The van der Waals surface area contributed by atoms with Gasteiger partial charge in [0.15, 0.2) is 5.78 Å². The topological polar surface area (TPSA) is 54.4 Å². The third-order valence-corrected chi connectivity index (χ3v) is 3.93. The van der Waals surface area contributed by atoms with Crippen LogP contribution >= 0.6 is 0 Å². The normalized spacial score (nSPS) is 18.1. The van der Waals surface area contributed by atoms with Gasteiger partial charge in [0.1, 0.15) is 0 Å². The Morgan fingerprint density at radius 3 is 2.22 bits per heavy atom. The molecule has 1 aliphatic carbocycles. The minimum Gasteiger partial charge on any atom is -0.481 e. The van der Waals surface area contributed by atoms with Crippen molar-refractivity contribution in [1.82, 2.24) is 0 Å². The van der Waals surface area contributed by atoms with Gasteiger partial charge in [-0.15, -0.1) is 0 Å². The van der Waals surface area contributed by atoms with Crippen LogP contribution in [0.4, 0.5) is 0 Å². The van der Waals surface area contributed by atoms with E-state index in [-0.39, 0.29) is 11.7 Å². The molecule has 0 spiro atoms. The van der Waals surface area contributed by atoms with E-state index in [1.54, 1.807) is 31.2 Å². The maximum Gasteiger partial charge on any atom is 0.313 e. The van der Waals surface area contributed by atoms with Gasteiger partial charge in [0.2, 0.25) is 0 Å². The van der Waals surface area contributed by atoms with Gasteiger partial charge >= 0.3 is 5.97 Å². The maximum atomic E-state index is 11.9. The van der Waals surface area contributed by atoms with Crippen LogP contribution in [0.3, 0.4) is 0 Å². The number of ketones is 1. The van der Waals surface area contributed by atoms with E-state index in [0.29, 0.717) is 12.0 Å². The van der Waals surface area contributed by atoms with Crippen molar-refractivity contribution in [2.75, 3.05) is 0 Å². The predicted octanol–water partition coefficient (Wildman–Crippen LogP) is 3.03. The second-order valence-corrected chi connectivity index (χ2v) is 5.21. The fourth-order valence-electron chi connectivity index (χ4n) is 2.06. The monoisotopic (exact) mass is 246 g/mol. The summed E-state index contributed by atoms with van der Waals surface area (Å²) in [6.45, 7) is 3.57. The number of aliphatic carboxylic acids is 1. The molecule has 1 saturated carbocycles. The number of hydrogen-bond acceptors (Lipinski definition) is 2. The Hall–Kier alpha value is -1.64. The van der Waals surface area contributed by atoms with Crippen molar-refractivity contribution in [3.8, 4) is 0 Å². The van der Waals surface area contributed by atoms with Gasteiger partial charge in [-0.3, -0.25) is 9.59 Å². The molecule has 1 aromatic rings. The summed E-state index contributed by atoms with van der Waals surface area (Å²) in [7, 11) is 0. The molecule has 2 rings (SSSR count). The van der Waals surface area contributed by atoms with Gasteiger partial charge < -0.3 is 5.11 Å². The van der Waals surface area contributed by atoms with Crippen molar-refractivity contribution in [3.05, 3.63) is 35.4 Å². The summed E-state index contributed by atoms with van der Waals surface area (Å²) in [4.78, 5) is 23.2. The van der Waals surface area contributed by atoms with Crippen LogP contribution in [0.15, 0.2) is 24.3 Å².